The number of nitrogens with zero attached hydrogens (tertiary/aromatic N) is 2. The van der Waals surface area contributed by atoms with Crippen LogP contribution in [0.3, 0.4) is 0 Å². The van der Waals surface area contributed by atoms with E-state index in [1.54, 1.807) is 4.90 Å². The van der Waals surface area contributed by atoms with Crippen molar-refractivity contribution in [2.24, 2.45) is 0 Å². The standard InChI is InChI=1S/C16H23N3O2S/c1-3-18(4-2)10-9-17-15(20)11-19-13-7-5-6-8-14(13)22-12-16(19)21/h5-8H,3-4,9-12H2,1-2H3,(H,17,20). The Morgan fingerprint density at radius 2 is 2.05 bits per heavy atom. The fraction of sp³-hybridized carbons (Fsp3) is 0.500. The van der Waals surface area contributed by atoms with Gasteiger partial charge in [0.2, 0.25) is 11.8 Å². The summed E-state index contributed by atoms with van der Waals surface area (Å²) in [5.74, 6) is 0.272. The van der Waals surface area contributed by atoms with Crippen LogP contribution in [0.15, 0.2) is 29.2 Å². The molecule has 22 heavy (non-hydrogen) atoms. The summed E-state index contributed by atoms with van der Waals surface area (Å²) in [5, 5.41) is 2.90. The zero-order valence-corrected chi connectivity index (χ0v) is 14.0. The van der Waals surface area contributed by atoms with Crippen LogP contribution in [0.1, 0.15) is 13.8 Å². The predicted molar refractivity (Wildman–Crippen MR) is 90.3 cm³/mol. The molecule has 0 aliphatic carbocycles. The molecule has 1 aliphatic rings. The Morgan fingerprint density at radius 1 is 1.32 bits per heavy atom. The molecule has 0 bridgehead atoms. The van der Waals surface area contributed by atoms with Crippen molar-refractivity contribution in [2.45, 2.75) is 18.7 Å². The van der Waals surface area contributed by atoms with Crippen molar-refractivity contribution in [3.63, 3.8) is 0 Å². The molecule has 0 radical (unpaired) electrons. The van der Waals surface area contributed by atoms with Crippen LogP contribution in [0.5, 0.6) is 0 Å². The van der Waals surface area contributed by atoms with Crippen LogP contribution in [0.2, 0.25) is 0 Å². The van der Waals surface area contributed by atoms with Gasteiger partial charge in [0.1, 0.15) is 6.54 Å². The smallest absolute Gasteiger partial charge is 0.240 e. The highest BCUT2D eigenvalue weighted by molar-refractivity contribution is 8.00. The Balaban J connectivity index is 1.90. The second kappa shape index (κ2) is 8.19. The van der Waals surface area contributed by atoms with Gasteiger partial charge in [-0.15, -0.1) is 11.8 Å². The fourth-order valence-electron chi connectivity index (χ4n) is 2.42. The Hall–Kier alpha value is -1.53. The van der Waals surface area contributed by atoms with Crippen molar-refractivity contribution >= 4 is 29.3 Å². The third-order valence-corrected chi connectivity index (χ3v) is 4.80. The molecule has 2 rings (SSSR count). The number of carbonyl (C=O) groups excluding carboxylic acids is 2. The Kier molecular flexibility index (Phi) is 6.27. The van der Waals surface area contributed by atoms with Gasteiger partial charge in [-0.1, -0.05) is 26.0 Å². The highest BCUT2D eigenvalue weighted by Crippen LogP contribution is 2.34. The molecule has 2 amide bonds. The number of hydrogen-bond donors (Lipinski definition) is 1. The predicted octanol–water partition coefficient (Wildman–Crippen LogP) is 1.58. The van der Waals surface area contributed by atoms with Gasteiger partial charge < -0.3 is 15.1 Å². The summed E-state index contributed by atoms with van der Waals surface area (Å²) in [5.41, 5.74) is 0.836. The summed E-state index contributed by atoms with van der Waals surface area (Å²) in [6.45, 7) is 7.69. The lowest BCUT2D eigenvalue weighted by Gasteiger charge is -2.28. The molecule has 1 aromatic carbocycles. The number of nitrogens with one attached hydrogen (secondary N) is 1. The second-order valence-electron chi connectivity index (χ2n) is 5.11. The van der Waals surface area contributed by atoms with Gasteiger partial charge in [-0.2, -0.15) is 0 Å². The molecular weight excluding hydrogens is 298 g/mol. The van der Waals surface area contributed by atoms with Crippen molar-refractivity contribution in [2.75, 3.05) is 43.4 Å². The summed E-state index contributed by atoms with van der Waals surface area (Å²) < 4.78 is 0. The monoisotopic (exact) mass is 321 g/mol. The Morgan fingerprint density at radius 3 is 2.77 bits per heavy atom. The van der Waals surface area contributed by atoms with E-state index in [0.717, 1.165) is 30.2 Å². The number of benzene rings is 1. The molecule has 0 spiro atoms. The normalized spacial score (nSPS) is 14.1. The van der Waals surface area contributed by atoms with E-state index in [9.17, 15) is 9.59 Å². The lowest BCUT2D eigenvalue weighted by Crippen LogP contribution is -2.44. The lowest BCUT2D eigenvalue weighted by atomic mass is 10.2. The molecule has 1 N–H and O–H groups in total. The molecular formula is C16H23N3O2S. The SMILES string of the molecule is CCN(CC)CCNC(=O)CN1C(=O)CSc2ccccc21. The number of rotatable bonds is 7. The van der Waals surface area contributed by atoms with Crippen LogP contribution in [-0.2, 0) is 9.59 Å². The fourth-order valence-corrected chi connectivity index (χ4v) is 3.36. The van der Waals surface area contributed by atoms with Crippen LogP contribution in [0, 0.1) is 0 Å². The lowest BCUT2D eigenvalue weighted by molar-refractivity contribution is -0.123. The number of fused-ring (bicyclic) bond motifs is 1. The van der Waals surface area contributed by atoms with Gasteiger partial charge in [0, 0.05) is 18.0 Å². The van der Waals surface area contributed by atoms with Gasteiger partial charge in [-0.25, -0.2) is 0 Å². The minimum absolute atomic E-state index is 0.0115. The largest absolute Gasteiger partial charge is 0.353 e. The van der Waals surface area contributed by atoms with Gasteiger partial charge in [0.25, 0.3) is 0 Å². The first kappa shape index (κ1) is 16.8. The maximum Gasteiger partial charge on any atom is 0.240 e. The van der Waals surface area contributed by atoms with Crippen LogP contribution < -0.4 is 10.2 Å². The first-order chi connectivity index (χ1) is 10.7. The molecule has 1 heterocycles. The molecule has 0 saturated carbocycles. The zero-order chi connectivity index (χ0) is 15.9. The summed E-state index contributed by atoms with van der Waals surface area (Å²) in [4.78, 5) is 29.1. The number of thioether (sulfide) groups is 1. The van der Waals surface area contributed by atoms with E-state index in [2.05, 4.69) is 24.1 Å². The van der Waals surface area contributed by atoms with E-state index in [4.69, 9.17) is 0 Å². The van der Waals surface area contributed by atoms with Crippen molar-refractivity contribution < 1.29 is 9.59 Å². The van der Waals surface area contributed by atoms with E-state index in [0.29, 0.717) is 12.3 Å². The maximum absolute atomic E-state index is 12.1. The Bertz CT molecular complexity index is 532. The maximum atomic E-state index is 12.1. The molecule has 5 nitrogen and oxygen atoms in total. The van der Waals surface area contributed by atoms with Gasteiger partial charge >= 0.3 is 0 Å². The van der Waals surface area contributed by atoms with Crippen molar-refractivity contribution in [3.05, 3.63) is 24.3 Å². The van der Waals surface area contributed by atoms with Gasteiger partial charge in [-0.05, 0) is 25.2 Å². The van der Waals surface area contributed by atoms with E-state index >= 15 is 0 Å². The van der Waals surface area contributed by atoms with E-state index in [1.165, 1.54) is 11.8 Å². The van der Waals surface area contributed by atoms with Gasteiger partial charge in [0.15, 0.2) is 0 Å². The molecule has 0 unspecified atom stereocenters. The molecule has 120 valence electrons. The summed E-state index contributed by atoms with van der Waals surface area (Å²) in [7, 11) is 0. The molecule has 0 fully saturated rings. The number of hydrogen-bond acceptors (Lipinski definition) is 4. The Labute approximate surface area is 136 Å². The van der Waals surface area contributed by atoms with E-state index < -0.39 is 0 Å². The molecule has 0 atom stereocenters. The quantitative estimate of drug-likeness (QED) is 0.828. The highest BCUT2D eigenvalue weighted by atomic mass is 32.2. The van der Waals surface area contributed by atoms with Crippen LogP contribution in [-0.4, -0.2) is 55.2 Å². The van der Waals surface area contributed by atoms with E-state index in [-0.39, 0.29) is 18.4 Å². The molecule has 0 saturated heterocycles. The molecule has 0 aromatic heterocycles. The average Bonchev–Trinajstić information content (AvgIpc) is 2.54. The van der Waals surface area contributed by atoms with Crippen molar-refractivity contribution in [1.29, 1.82) is 0 Å². The molecule has 6 heteroatoms. The summed E-state index contributed by atoms with van der Waals surface area (Å²) in [6.07, 6.45) is 0. The molecule has 1 aliphatic heterocycles. The number of anilines is 1. The van der Waals surface area contributed by atoms with Crippen LogP contribution in [0.25, 0.3) is 0 Å². The first-order valence-electron chi connectivity index (χ1n) is 7.67. The zero-order valence-electron chi connectivity index (χ0n) is 13.2. The number of likely N-dealkylation sites (N-methyl/N-ethyl adjacent to an activating group) is 1. The van der Waals surface area contributed by atoms with Crippen molar-refractivity contribution in [3.8, 4) is 0 Å². The van der Waals surface area contributed by atoms with E-state index in [1.807, 2.05) is 24.3 Å². The highest BCUT2D eigenvalue weighted by Gasteiger charge is 2.25. The number of amides is 2. The van der Waals surface area contributed by atoms with Crippen LogP contribution >= 0.6 is 11.8 Å². The number of para-hydroxylation sites is 1. The van der Waals surface area contributed by atoms with Gasteiger partial charge in [0.05, 0.1) is 11.4 Å². The molecule has 1 aromatic rings. The topological polar surface area (TPSA) is 52.7 Å². The van der Waals surface area contributed by atoms with Crippen LogP contribution in [0.4, 0.5) is 5.69 Å². The minimum atomic E-state index is -0.109. The summed E-state index contributed by atoms with van der Waals surface area (Å²) in [6, 6.07) is 7.72. The van der Waals surface area contributed by atoms with Gasteiger partial charge in [-0.3, -0.25) is 9.59 Å². The van der Waals surface area contributed by atoms with Crippen molar-refractivity contribution in [1.82, 2.24) is 10.2 Å². The summed E-state index contributed by atoms with van der Waals surface area (Å²) >= 11 is 1.53. The average molecular weight is 321 g/mol. The number of carbonyl (C=O) groups is 2. The third kappa shape index (κ3) is 4.24. The minimum Gasteiger partial charge on any atom is -0.353 e. The second-order valence-corrected chi connectivity index (χ2v) is 6.13. The third-order valence-electron chi connectivity index (χ3n) is 3.75. The first-order valence-corrected chi connectivity index (χ1v) is 8.65.